The topological polar surface area (TPSA) is 85.8 Å². The number of hydrogen-bond acceptors (Lipinski definition) is 5. The molecule has 2 atom stereocenters. The van der Waals surface area contributed by atoms with Crippen molar-refractivity contribution in [1.82, 2.24) is 20.2 Å². The van der Waals surface area contributed by atoms with Gasteiger partial charge in [0.25, 0.3) is 0 Å². The molecule has 1 aliphatic rings. The number of aryl methyl sites for hydroxylation is 1. The third kappa shape index (κ3) is 4.15. The fourth-order valence-electron chi connectivity index (χ4n) is 3.29. The van der Waals surface area contributed by atoms with Crippen LogP contribution in [0.15, 0.2) is 29.4 Å². The van der Waals surface area contributed by atoms with Crippen molar-refractivity contribution in [2.24, 2.45) is 5.92 Å². The first-order valence-electron chi connectivity index (χ1n) is 8.75. The SMILES string of the molecule is Cc1ccccc1-c1nnc(SCC(=O)N[C@H]2CCCC[C@@H]2C)n1N. The lowest BCUT2D eigenvalue weighted by Crippen LogP contribution is -2.41. The van der Waals surface area contributed by atoms with Crippen LogP contribution >= 0.6 is 11.8 Å². The Labute approximate surface area is 152 Å². The summed E-state index contributed by atoms with van der Waals surface area (Å²) >= 11 is 1.32. The highest BCUT2D eigenvalue weighted by atomic mass is 32.2. The molecule has 1 fully saturated rings. The van der Waals surface area contributed by atoms with Gasteiger partial charge in [-0.3, -0.25) is 4.79 Å². The van der Waals surface area contributed by atoms with Crippen molar-refractivity contribution in [3.8, 4) is 11.4 Å². The van der Waals surface area contributed by atoms with Crippen LogP contribution in [0.4, 0.5) is 0 Å². The van der Waals surface area contributed by atoms with E-state index < -0.39 is 0 Å². The molecule has 7 heteroatoms. The number of amides is 1. The van der Waals surface area contributed by atoms with E-state index in [0.29, 0.717) is 28.7 Å². The normalized spacial score (nSPS) is 20.4. The quantitative estimate of drug-likeness (QED) is 0.633. The zero-order valence-electron chi connectivity index (χ0n) is 14.7. The van der Waals surface area contributed by atoms with E-state index in [2.05, 4.69) is 22.4 Å². The molecule has 6 nitrogen and oxygen atoms in total. The second-order valence-electron chi connectivity index (χ2n) is 6.72. The molecule has 1 aromatic heterocycles. The molecule has 3 N–H and O–H groups in total. The van der Waals surface area contributed by atoms with Crippen molar-refractivity contribution in [3.05, 3.63) is 29.8 Å². The van der Waals surface area contributed by atoms with Crippen molar-refractivity contribution < 1.29 is 4.79 Å². The Hall–Kier alpha value is -2.02. The van der Waals surface area contributed by atoms with Crippen molar-refractivity contribution in [2.45, 2.75) is 50.7 Å². The number of aromatic nitrogens is 3. The van der Waals surface area contributed by atoms with E-state index in [4.69, 9.17) is 5.84 Å². The Morgan fingerprint density at radius 1 is 1.32 bits per heavy atom. The lowest BCUT2D eigenvalue weighted by Gasteiger charge is -2.29. The molecule has 1 aromatic carbocycles. The molecule has 1 heterocycles. The predicted molar refractivity (Wildman–Crippen MR) is 101 cm³/mol. The summed E-state index contributed by atoms with van der Waals surface area (Å²) in [4.78, 5) is 12.2. The van der Waals surface area contributed by atoms with E-state index >= 15 is 0 Å². The molecular weight excluding hydrogens is 334 g/mol. The summed E-state index contributed by atoms with van der Waals surface area (Å²) in [6.07, 6.45) is 4.72. The fraction of sp³-hybridized carbons (Fsp3) is 0.500. The zero-order chi connectivity index (χ0) is 17.8. The van der Waals surface area contributed by atoms with E-state index in [1.165, 1.54) is 35.7 Å². The minimum atomic E-state index is 0.0317. The number of rotatable bonds is 5. The molecule has 1 saturated carbocycles. The fourth-order valence-corrected chi connectivity index (χ4v) is 3.96. The Kier molecular flexibility index (Phi) is 5.63. The maximum absolute atomic E-state index is 12.2. The van der Waals surface area contributed by atoms with E-state index in [9.17, 15) is 4.79 Å². The van der Waals surface area contributed by atoms with E-state index in [1.807, 2.05) is 31.2 Å². The van der Waals surface area contributed by atoms with Gasteiger partial charge in [-0.05, 0) is 31.2 Å². The number of nitrogens with zero attached hydrogens (tertiary/aromatic N) is 3. The first kappa shape index (κ1) is 17.8. The average molecular weight is 359 g/mol. The lowest BCUT2D eigenvalue weighted by atomic mass is 9.86. The summed E-state index contributed by atoms with van der Waals surface area (Å²) in [7, 11) is 0. The first-order chi connectivity index (χ1) is 12.1. The van der Waals surface area contributed by atoms with Gasteiger partial charge in [-0.15, -0.1) is 10.2 Å². The van der Waals surface area contributed by atoms with E-state index in [-0.39, 0.29) is 5.91 Å². The number of carbonyl (C=O) groups excluding carboxylic acids is 1. The number of carbonyl (C=O) groups is 1. The summed E-state index contributed by atoms with van der Waals surface area (Å²) in [5.74, 6) is 7.63. The van der Waals surface area contributed by atoms with Gasteiger partial charge in [0, 0.05) is 11.6 Å². The highest BCUT2D eigenvalue weighted by molar-refractivity contribution is 7.99. The molecule has 0 radical (unpaired) electrons. The van der Waals surface area contributed by atoms with Crippen LogP contribution < -0.4 is 11.2 Å². The Morgan fingerprint density at radius 2 is 2.08 bits per heavy atom. The minimum absolute atomic E-state index is 0.0317. The Balaban J connectivity index is 1.60. The summed E-state index contributed by atoms with van der Waals surface area (Å²) in [5.41, 5.74) is 2.03. The Bertz CT molecular complexity index is 745. The van der Waals surface area contributed by atoms with Gasteiger partial charge in [-0.25, -0.2) is 4.68 Å². The number of benzene rings is 1. The molecule has 0 saturated heterocycles. The summed E-state index contributed by atoms with van der Waals surface area (Å²) in [6.45, 7) is 4.22. The highest BCUT2D eigenvalue weighted by Gasteiger charge is 2.23. The summed E-state index contributed by atoms with van der Waals surface area (Å²) in [6, 6.07) is 8.19. The predicted octanol–water partition coefficient (Wildman–Crippen LogP) is 2.75. The molecule has 25 heavy (non-hydrogen) atoms. The van der Waals surface area contributed by atoms with Crippen molar-refractivity contribution >= 4 is 17.7 Å². The molecule has 0 aliphatic heterocycles. The maximum atomic E-state index is 12.2. The number of nitrogen functional groups attached to an aromatic ring is 1. The molecule has 2 aromatic rings. The van der Waals surface area contributed by atoms with Crippen LogP contribution in [0, 0.1) is 12.8 Å². The zero-order valence-corrected chi connectivity index (χ0v) is 15.6. The molecule has 3 rings (SSSR count). The van der Waals surface area contributed by atoms with Crippen LogP contribution in [0.1, 0.15) is 38.2 Å². The third-order valence-corrected chi connectivity index (χ3v) is 5.78. The Morgan fingerprint density at radius 3 is 2.84 bits per heavy atom. The molecule has 134 valence electrons. The van der Waals surface area contributed by atoms with Crippen LogP contribution in [0.3, 0.4) is 0 Å². The molecular formula is C18H25N5OS. The smallest absolute Gasteiger partial charge is 0.230 e. The minimum Gasteiger partial charge on any atom is -0.352 e. The molecule has 0 spiro atoms. The van der Waals surface area contributed by atoms with Crippen LogP contribution in [0.5, 0.6) is 0 Å². The van der Waals surface area contributed by atoms with Gasteiger partial charge in [0.05, 0.1) is 5.75 Å². The second kappa shape index (κ2) is 7.91. The third-order valence-electron chi connectivity index (χ3n) is 4.84. The van der Waals surface area contributed by atoms with Crippen molar-refractivity contribution in [3.63, 3.8) is 0 Å². The first-order valence-corrected chi connectivity index (χ1v) is 9.73. The van der Waals surface area contributed by atoms with Crippen LogP contribution in [0.25, 0.3) is 11.4 Å². The average Bonchev–Trinajstić information content (AvgIpc) is 2.96. The second-order valence-corrected chi connectivity index (χ2v) is 7.66. The highest BCUT2D eigenvalue weighted by Crippen LogP contribution is 2.25. The van der Waals surface area contributed by atoms with E-state index in [1.54, 1.807) is 0 Å². The molecule has 1 amide bonds. The molecule has 0 bridgehead atoms. The summed E-state index contributed by atoms with van der Waals surface area (Å²) in [5, 5.41) is 12.0. The maximum Gasteiger partial charge on any atom is 0.230 e. The number of nitrogens with one attached hydrogen (secondary N) is 1. The van der Waals surface area contributed by atoms with Gasteiger partial charge in [0.1, 0.15) is 0 Å². The standard InChI is InChI=1S/C18H25N5OS/c1-12-7-3-5-9-14(12)17-21-22-18(23(17)19)25-11-16(24)20-15-10-6-4-8-13(15)2/h3,5,7,9,13,15H,4,6,8,10-11,19H2,1-2H3,(H,20,24)/t13-,15-/m0/s1. The van der Waals surface area contributed by atoms with Gasteiger partial charge in [0.2, 0.25) is 11.1 Å². The van der Waals surface area contributed by atoms with E-state index in [0.717, 1.165) is 17.5 Å². The van der Waals surface area contributed by atoms with Crippen LogP contribution in [-0.4, -0.2) is 32.6 Å². The monoisotopic (exact) mass is 359 g/mol. The van der Waals surface area contributed by atoms with Gasteiger partial charge in [-0.1, -0.05) is 55.8 Å². The summed E-state index contributed by atoms with van der Waals surface area (Å²) < 4.78 is 1.46. The molecule has 1 aliphatic carbocycles. The number of thioether (sulfide) groups is 1. The van der Waals surface area contributed by atoms with Gasteiger partial charge in [0.15, 0.2) is 5.82 Å². The largest absolute Gasteiger partial charge is 0.352 e. The number of hydrogen-bond donors (Lipinski definition) is 2. The van der Waals surface area contributed by atoms with Crippen LogP contribution in [0.2, 0.25) is 0 Å². The molecule has 0 unspecified atom stereocenters. The van der Waals surface area contributed by atoms with Crippen molar-refractivity contribution in [1.29, 1.82) is 0 Å². The van der Waals surface area contributed by atoms with Gasteiger partial charge >= 0.3 is 0 Å². The van der Waals surface area contributed by atoms with Gasteiger partial charge < -0.3 is 11.2 Å². The number of nitrogens with two attached hydrogens (primary N) is 1. The van der Waals surface area contributed by atoms with Crippen molar-refractivity contribution in [2.75, 3.05) is 11.6 Å². The van der Waals surface area contributed by atoms with Crippen LogP contribution in [-0.2, 0) is 4.79 Å². The van der Waals surface area contributed by atoms with Gasteiger partial charge in [-0.2, -0.15) is 0 Å². The lowest BCUT2D eigenvalue weighted by molar-refractivity contribution is -0.119.